The van der Waals surface area contributed by atoms with Crippen molar-refractivity contribution in [2.45, 2.75) is 46.1 Å². The maximum absolute atomic E-state index is 12.1. The molecule has 0 bridgehead atoms. The third kappa shape index (κ3) is 4.55. The fourth-order valence-electron chi connectivity index (χ4n) is 3.33. The number of tetrazole rings is 1. The minimum absolute atomic E-state index is 0.0436. The molecular formula is C22H24N8O. The van der Waals surface area contributed by atoms with Gasteiger partial charge in [-0.1, -0.05) is 50.6 Å². The second-order valence-corrected chi connectivity index (χ2v) is 7.21. The lowest BCUT2D eigenvalue weighted by Crippen LogP contribution is -2.09. The minimum atomic E-state index is -0.0436. The van der Waals surface area contributed by atoms with Crippen molar-refractivity contribution >= 4 is 5.78 Å². The van der Waals surface area contributed by atoms with Crippen LogP contribution in [0.5, 0.6) is 0 Å². The second-order valence-electron chi connectivity index (χ2n) is 7.21. The Morgan fingerprint density at radius 1 is 1.10 bits per heavy atom. The van der Waals surface area contributed by atoms with Crippen LogP contribution in [0.15, 0.2) is 42.6 Å². The van der Waals surface area contributed by atoms with Gasteiger partial charge in [-0.05, 0) is 23.3 Å². The summed E-state index contributed by atoms with van der Waals surface area (Å²) in [4.78, 5) is 21.2. The van der Waals surface area contributed by atoms with Crippen molar-refractivity contribution in [1.82, 2.24) is 40.4 Å². The number of nitrogens with one attached hydrogen (secondary N) is 1. The molecule has 4 aromatic rings. The predicted molar refractivity (Wildman–Crippen MR) is 115 cm³/mol. The zero-order valence-corrected chi connectivity index (χ0v) is 17.6. The molecule has 1 aromatic carbocycles. The molecule has 0 atom stereocenters. The molecule has 0 radical (unpaired) electrons. The fourth-order valence-corrected chi connectivity index (χ4v) is 3.33. The number of carbonyl (C=O) groups excluding carboxylic acids is 1. The lowest BCUT2D eigenvalue weighted by atomic mass is 10.0. The Balaban J connectivity index is 1.59. The molecule has 0 fully saturated rings. The highest BCUT2D eigenvalue weighted by Crippen LogP contribution is 2.29. The number of nitrogens with zero attached hydrogens (tertiary/aromatic N) is 7. The summed E-state index contributed by atoms with van der Waals surface area (Å²) in [6.45, 7) is 4.42. The van der Waals surface area contributed by atoms with E-state index in [2.05, 4.69) is 42.6 Å². The number of hydrogen-bond acceptors (Lipinski definition) is 7. The van der Waals surface area contributed by atoms with Gasteiger partial charge in [0, 0.05) is 30.2 Å². The number of aromatic amines is 1. The highest BCUT2D eigenvalue weighted by Gasteiger charge is 2.16. The van der Waals surface area contributed by atoms with Crippen molar-refractivity contribution in [3.8, 4) is 22.5 Å². The number of ketones is 1. The van der Waals surface area contributed by atoms with Crippen LogP contribution in [-0.2, 0) is 13.0 Å². The molecule has 0 aliphatic carbocycles. The number of aromatic nitrogens is 8. The van der Waals surface area contributed by atoms with Crippen LogP contribution in [0.3, 0.4) is 0 Å². The third-order valence-corrected chi connectivity index (χ3v) is 5.03. The van der Waals surface area contributed by atoms with E-state index in [4.69, 9.17) is 0 Å². The second kappa shape index (κ2) is 9.38. The van der Waals surface area contributed by atoms with E-state index in [1.165, 1.54) is 0 Å². The van der Waals surface area contributed by atoms with Gasteiger partial charge in [0.25, 0.3) is 0 Å². The average molecular weight is 416 g/mol. The molecule has 9 heteroatoms. The summed E-state index contributed by atoms with van der Waals surface area (Å²) < 4.78 is 1.80. The van der Waals surface area contributed by atoms with Gasteiger partial charge in [0.1, 0.15) is 5.82 Å². The molecule has 0 aliphatic heterocycles. The largest absolute Gasteiger partial charge is 0.291 e. The molecule has 158 valence electrons. The Kier molecular flexibility index (Phi) is 6.21. The molecule has 3 heterocycles. The Morgan fingerprint density at radius 2 is 1.94 bits per heavy atom. The number of hydrogen-bond donors (Lipinski definition) is 1. The van der Waals surface area contributed by atoms with E-state index < -0.39 is 0 Å². The zero-order valence-electron chi connectivity index (χ0n) is 17.6. The summed E-state index contributed by atoms with van der Waals surface area (Å²) >= 11 is 0. The van der Waals surface area contributed by atoms with E-state index in [0.29, 0.717) is 24.6 Å². The summed E-state index contributed by atoms with van der Waals surface area (Å²) in [5.74, 6) is 1.61. The monoisotopic (exact) mass is 416 g/mol. The fraction of sp³-hybridized carbons (Fsp3) is 0.318. The van der Waals surface area contributed by atoms with Crippen molar-refractivity contribution in [1.29, 1.82) is 0 Å². The van der Waals surface area contributed by atoms with E-state index in [0.717, 1.165) is 47.5 Å². The Bertz CT molecular complexity index is 1150. The molecule has 0 saturated heterocycles. The van der Waals surface area contributed by atoms with Gasteiger partial charge in [-0.3, -0.25) is 9.78 Å². The normalized spacial score (nSPS) is 11.0. The van der Waals surface area contributed by atoms with Crippen LogP contribution in [0.25, 0.3) is 22.5 Å². The first-order chi connectivity index (χ1) is 15.2. The smallest absolute Gasteiger partial charge is 0.217 e. The van der Waals surface area contributed by atoms with E-state index in [1.54, 1.807) is 4.68 Å². The molecule has 0 spiro atoms. The van der Waals surface area contributed by atoms with Crippen molar-refractivity contribution in [2.75, 3.05) is 0 Å². The maximum atomic E-state index is 12.1. The summed E-state index contributed by atoms with van der Waals surface area (Å²) in [5.41, 5.74) is 3.66. The number of H-pyrrole nitrogens is 1. The molecular weight excluding hydrogens is 392 g/mol. The molecule has 31 heavy (non-hydrogen) atoms. The summed E-state index contributed by atoms with van der Waals surface area (Å²) in [7, 11) is 0. The van der Waals surface area contributed by atoms with Crippen molar-refractivity contribution in [3.05, 3.63) is 59.9 Å². The van der Waals surface area contributed by atoms with Crippen LogP contribution in [-0.4, -0.2) is 46.2 Å². The maximum Gasteiger partial charge on any atom is 0.217 e. The zero-order chi connectivity index (χ0) is 21.6. The van der Waals surface area contributed by atoms with E-state index >= 15 is 0 Å². The molecule has 4 rings (SSSR count). The van der Waals surface area contributed by atoms with Gasteiger partial charge in [-0.15, -0.1) is 15.3 Å². The van der Waals surface area contributed by atoms with Crippen LogP contribution in [0.4, 0.5) is 0 Å². The Labute approximate surface area is 180 Å². The van der Waals surface area contributed by atoms with E-state index in [-0.39, 0.29) is 5.78 Å². The number of aryl methyl sites for hydroxylation is 1. The number of carbonyl (C=O) groups is 1. The summed E-state index contributed by atoms with van der Waals surface area (Å²) in [6.07, 6.45) is 5.06. The number of pyridine rings is 1. The number of rotatable bonds is 9. The third-order valence-electron chi connectivity index (χ3n) is 5.03. The Morgan fingerprint density at radius 3 is 2.61 bits per heavy atom. The number of benzene rings is 1. The first-order valence-electron chi connectivity index (χ1n) is 10.4. The number of Topliss-reactive ketones (excluding diaryl/α,β-unsaturated/α-hetero) is 1. The lowest BCUT2D eigenvalue weighted by molar-refractivity contribution is 0.0978. The molecule has 1 N–H and O–H groups in total. The van der Waals surface area contributed by atoms with Gasteiger partial charge in [0.05, 0.1) is 12.2 Å². The van der Waals surface area contributed by atoms with Gasteiger partial charge in [-0.2, -0.15) is 5.21 Å². The van der Waals surface area contributed by atoms with Gasteiger partial charge in [-0.25, -0.2) is 9.67 Å². The van der Waals surface area contributed by atoms with Crippen molar-refractivity contribution in [3.63, 3.8) is 0 Å². The van der Waals surface area contributed by atoms with Gasteiger partial charge >= 0.3 is 0 Å². The molecule has 0 aliphatic rings. The SMILES string of the molecule is CCCCc1nc(C(=O)CC)nn1Cc1ccc(-c2ccccc2-c2nn[nH]n2)cn1. The van der Waals surface area contributed by atoms with E-state index in [9.17, 15) is 4.79 Å². The van der Waals surface area contributed by atoms with Crippen molar-refractivity contribution in [2.24, 2.45) is 0 Å². The first-order valence-corrected chi connectivity index (χ1v) is 10.4. The standard InChI is InChI=1S/C22H24N8O/c1-3-5-10-20-24-22(19(31)4-2)27-30(20)14-16-12-11-15(13-23-16)17-8-6-7-9-18(17)21-25-28-29-26-21/h6-9,11-13H,3-5,10,14H2,1-2H3,(H,25,26,28,29). The highest BCUT2D eigenvalue weighted by atomic mass is 16.1. The van der Waals surface area contributed by atoms with Gasteiger partial charge in [0.2, 0.25) is 17.4 Å². The minimum Gasteiger partial charge on any atom is -0.291 e. The van der Waals surface area contributed by atoms with Gasteiger partial charge in [0.15, 0.2) is 0 Å². The van der Waals surface area contributed by atoms with Crippen LogP contribution in [0, 0.1) is 0 Å². The lowest BCUT2D eigenvalue weighted by Gasteiger charge is -2.08. The van der Waals surface area contributed by atoms with Crippen LogP contribution >= 0.6 is 0 Å². The molecule has 0 saturated carbocycles. The quantitative estimate of drug-likeness (QED) is 0.415. The van der Waals surface area contributed by atoms with Crippen molar-refractivity contribution < 1.29 is 4.79 Å². The van der Waals surface area contributed by atoms with E-state index in [1.807, 2.05) is 49.5 Å². The Hall–Kier alpha value is -3.75. The predicted octanol–water partition coefficient (Wildman–Crippen LogP) is 3.50. The molecule has 9 nitrogen and oxygen atoms in total. The average Bonchev–Trinajstić information content (AvgIpc) is 3.48. The molecule has 3 aromatic heterocycles. The topological polar surface area (TPSA) is 115 Å². The number of unbranched alkanes of at least 4 members (excludes halogenated alkanes) is 1. The first kappa shape index (κ1) is 20.5. The summed E-state index contributed by atoms with van der Waals surface area (Å²) in [5, 5.41) is 18.8. The van der Waals surface area contributed by atoms with Crippen LogP contribution < -0.4 is 0 Å². The van der Waals surface area contributed by atoms with Gasteiger partial charge < -0.3 is 0 Å². The molecule has 0 unspecified atom stereocenters. The van der Waals surface area contributed by atoms with Crippen LogP contribution in [0.2, 0.25) is 0 Å². The molecule has 0 amide bonds. The van der Waals surface area contributed by atoms with Crippen LogP contribution in [0.1, 0.15) is 55.2 Å². The summed E-state index contributed by atoms with van der Waals surface area (Å²) in [6, 6.07) is 11.8. The highest BCUT2D eigenvalue weighted by molar-refractivity contribution is 5.92.